The Morgan fingerprint density at radius 2 is 1.96 bits per heavy atom. The monoisotopic (exact) mass is 349 g/mol. The largest absolute Gasteiger partial charge is 0.493 e. The Bertz CT molecular complexity index is 872. The van der Waals surface area contributed by atoms with Gasteiger partial charge < -0.3 is 9.47 Å². The summed E-state index contributed by atoms with van der Waals surface area (Å²) in [6.07, 6.45) is 2.84. The smallest absolute Gasteiger partial charge is 0.161 e. The van der Waals surface area contributed by atoms with E-state index in [0.29, 0.717) is 6.61 Å². The molecule has 0 spiro atoms. The summed E-state index contributed by atoms with van der Waals surface area (Å²) in [4.78, 5) is 6.00. The zero-order valence-corrected chi connectivity index (χ0v) is 14.8. The second kappa shape index (κ2) is 7.11. The first-order valence-corrected chi connectivity index (χ1v) is 9.15. The molecule has 0 amide bonds. The predicted octanol–water partition coefficient (Wildman–Crippen LogP) is 5.05. The van der Waals surface area contributed by atoms with Crippen molar-refractivity contribution >= 4 is 17.6 Å². The fraction of sp³-hybridized carbons (Fsp3) is 0.190. The van der Waals surface area contributed by atoms with Gasteiger partial charge in [0, 0.05) is 17.5 Å². The maximum absolute atomic E-state index is 6.04. The fourth-order valence-corrected chi connectivity index (χ4v) is 3.78. The normalized spacial score (nSPS) is 15.6. The number of ether oxygens (including phenoxy) is 2. The third kappa shape index (κ3) is 3.44. The SMILES string of the molecule is COc1cc2c(cc1OCc1ccccc1)CC(c1cccs1)N=C2. The number of thiophene rings is 1. The van der Waals surface area contributed by atoms with Crippen molar-refractivity contribution in [1.82, 2.24) is 0 Å². The third-order valence-corrected chi connectivity index (χ3v) is 5.31. The van der Waals surface area contributed by atoms with E-state index in [2.05, 4.69) is 35.7 Å². The minimum absolute atomic E-state index is 0.197. The summed E-state index contributed by atoms with van der Waals surface area (Å²) in [6.45, 7) is 0.526. The van der Waals surface area contributed by atoms with Gasteiger partial charge in [-0.05, 0) is 40.3 Å². The van der Waals surface area contributed by atoms with E-state index in [-0.39, 0.29) is 6.04 Å². The zero-order valence-electron chi connectivity index (χ0n) is 14.0. The van der Waals surface area contributed by atoms with E-state index in [1.54, 1.807) is 18.4 Å². The lowest BCUT2D eigenvalue weighted by Gasteiger charge is -2.20. The molecule has 126 valence electrons. The molecule has 2 heterocycles. The lowest BCUT2D eigenvalue weighted by Crippen LogP contribution is -2.09. The van der Waals surface area contributed by atoms with Crippen molar-refractivity contribution in [2.45, 2.75) is 19.1 Å². The molecule has 0 aliphatic carbocycles. The molecule has 0 radical (unpaired) electrons. The van der Waals surface area contributed by atoms with E-state index < -0.39 is 0 Å². The van der Waals surface area contributed by atoms with Gasteiger partial charge in [-0.2, -0.15) is 0 Å². The quantitative estimate of drug-likeness (QED) is 0.645. The van der Waals surface area contributed by atoms with Crippen LogP contribution in [0, 0.1) is 0 Å². The summed E-state index contributed by atoms with van der Waals surface area (Å²) in [5.74, 6) is 1.53. The van der Waals surface area contributed by atoms with Gasteiger partial charge in [0.2, 0.25) is 0 Å². The van der Waals surface area contributed by atoms with Gasteiger partial charge >= 0.3 is 0 Å². The Morgan fingerprint density at radius 3 is 2.72 bits per heavy atom. The number of benzene rings is 2. The Labute approximate surface area is 151 Å². The van der Waals surface area contributed by atoms with Gasteiger partial charge in [0.25, 0.3) is 0 Å². The van der Waals surface area contributed by atoms with Crippen molar-refractivity contribution < 1.29 is 9.47 Å². The predicted molar refractivity (Wildman–Crippen MR) is 102 cm³/mol. The number of methoxy groups -OCH3 is 1. The van der Waals surface area contributed by atoms with Crippen LogP contribution in [-0.4, -0.2) is 13.3 Å². The molecule has 1 aromatic heterocycles. The minimum atomic E-state index is 0.197. The Kier molecular flexibility index (Phi) is 4.53. The van der Waals surface area contributed by atoms with Crippen LogP contribution in [0.25, 0.3) is 0 Å². The van der Waals surface area contributed by atoms with Gasteiger partial charge in [0.05, 0.1) is 13.2 Å². The van der Waals surface area contributed by atoms with E-state index in [4.69, 9.17) is 14.5 Å². The molecule has 0 saturated carbocycles. The highest BCUT2D eigenvalue weighted by Gasteiger charge is 2.20. The Balaban J connectivity index is 1.58. The highest BCUT2D eigenvalue weighted by molar-refractivity contribution is 7.10. The highest BCUT2D eigenvalue weighted by Crippen LogP contribution is 2.36. The highest BCUT2D eigenvalue weighted by atomic mass is 32.1. The van der Waals surface area contributed by atoms with Crippen molar-refractivity contribution in [3.63, 3.8) is 0 Å². The molecule has 3 aromatic rings. The summed E-state index contributed by atoms with van der Waals surface area (Å²) in [7, 11) is 1.67. The fourth-order valence-electron chi connectivity index (χ4n) is 3.01. The molecule has 0 bridgehead atoms. The van der Waals surface area contributed by atoms with Crippen molar-refractivity contribution in [1.29, 1.82) is 0 Å². The molecule has 0 saturated heterocycles. The molecular formula is C21H19NO2S. The molecule has 3 nitrogen and oxygen atoms in total. The van der Waals surface area contributed by atoms with Crippen LogP contribution in [0.15, 0.2) is 65.0 Å². The Morgan fingerprint density at radius 1 is 1.08 bits per heavy atom. The van der Waals surface area contributed by atoms with Gasteiger partial charge in [-0.1, -0.05) is 36.4 Å². The van der Waals surface area contributed by atoms with Gasteiger partial charge in [-0.25, -0.2) is 0 Å². The summed E-state index contributed by atoms with van der Waals surface area (Å²) < 4.78 is 11.6. The molecular weight excluding hydrogens is 330 g/mol. The third-order valence-electron chi connectivity index (χ3n) is 4.34. The summed E-state index contributed by atoms with van der Waals surface area (Å²) >= 11 is 1.75. The molecule has 4 rings (SSSR count). The molecule has 25 heavy (non-hydrogen) atoms. The number of nitrogens with zero attached hydrogens (tertiary/aromatic N) is 1. The van der Waals surface area contributed by atoms with Crippen LogP contribution in [-0.2, 0) is 13.0 Å². The number of fused-ring (bicyclic) bond motifs is 1. The molecule has 1 unspecified atom stereocenters. The van der Waals surface area contributed by atoms with Gasteiger partial charge in [0.15, 0.2) is 11.5 Å². The zero-order chi connectivity index (χ0) is 17.1. The summed E-state index contributed by atoms with van der Waals surface area (Å²) in [5.41, 5.74) is 3.49. The van der Waals surface area contributed by atoms with Crippen LogP contribution >= 0.6 is 11.3 Å². The average molecular weight is 349 g/mol. The first-order chi connectivity index (χ1) is 12.3. The van der Waals surface area contributed by atoms with Crippen LogP contribution in [0.5, 0.6) is 11.5 Å². The maximum Gasteiger partial charge on any atom is 0.161 e. The number of hydrogen-bond donors (Lipinski definition) is 0. The summed E-state index contributed by atoms with van der Waals surface area (Å²) in [5, 5.41) is 2.10. The van der Waals surface area contributed by atoms with Crippen LogP contribution in [0.4, 0.5) is 0 Å². The van der Waals surface area contributed by atoms with Crippen molar-refractivity contribution in [3.8, 4) is 11.5 Å². The first kappa shape index (κ1) is 15.9. The van der Waals surface area contributed by atoms with Gasteiger partial charge in [-0.3, -0.25) is 4.99 Å². The molecule has 0 fully saturated rings. The van der Waals surface area contributed by atoms with E-state index >= 15 is 0 Å². The van der Waals surface area contributed by atoms with E-state index in [0.717, 1.165) is 29.0 Å². The van der Waals surface area contributed by atoms with Crippen molar-refractivity contribution in [2.75, 3.05) is 7.11 Å². The number of aliphatic imine (C=N–C) groups is 1. The van der Waals surface area contributed by atoms with E-state index in [9.17, 15) is 0 Å². The Hall–Kier alpha value is -2.59. The molecule has 0 N–H and O–H groups in total. The molecule has 2 aromatic carbocycles. The van der Waals surface area contributed by atoms with Crippen LogP contribution in [0.1, 0.15) is 27.6 Å². The van der Waals surface area contributed by atoms with Crippen LogP contribution in [0.2, 0.25) is 0 Å². The lowest BCUT2D eigenvalue weighted by atomic mass is 9.96. The second-order valence-electron chi connectivity index (χ2n) is 5.99. The lowest BCUT2D eigenvalue weighted by molar-refractivity contribution is 0.284. The van der Waals surface area contributed by atoms with Crippen molar-refractivity contribution in [2.24, 2.45) is 4.99 Å². The number of hydrogen-bond acceptors (Lipinski definition) is 4. The molecule has 1 atom stereocenters. The number of rotatable bonds is 5. The molecule has 4 heteroatoms. The first-order valence-electron chi connectivity index (χ1n) is 8.27. The van der Waals surface area contributed by atoms with Gasteiger partial charge in [-0.15, -0.1) is 11.3 Å². The minimum Gasteiger partial charge on any atom is -0.493 e. The topological polar surface area (TPSA) is 30.8 Å². The van der Waals surface area contributed by atoms with E-state index in [1.165, 1.54) is 10.4 Å². The van der Waals surface area contributed by atoms with E-state index in [1.807, 2.05) is 30.5 Å². The molecule has 1 aliphatic heterocycles. The van der Waals surface area contributed by atoms with Crippen molar-refractivity contribution in [3.05, 3.63) is 81.5 Å². The molecule has 1 aliphatic rings. The standard InChI is InChI=1S/C21H19NO2S/c1-23-19-12-17-13-22-18(21-8-5-9-25-21)10-16(17)11-20(19)24-14-15-6-3-2-4-7-15/h2-9,11-13,18H,10,14H2,1H3. The maximum atomic E-state index is 6.04. The van der Waals surface area contributed by atoms with Crippen LogP contribution < -0.4 is 9.47 Å². The average Bonchev–Trinajstić information content (AvgIpc) is 3.20. The van der Waals surface area contributed by atoms with Crippen LogP contribution in [0.3, 0.4) is 0 Å². The van der Waals surface area contributed by atoms with Gasteiger partial charge in [0.1, 0.15) is 6.61 Å². The summed E-state index contributed by atoms with van der Waals surface area (Å²) in [6, 6.07) is 18.7. The second-order valence-corrected chi connectivity index (χ2v) is 6.97.